The van der Waals surface area contributed by atoms with Gasteiger partial charge in [-0.1, -0.05) is 93.2 Å². The molecule has 0 spiro atoms. The number of allylic oxidation sites excluding steroid dienone is 11. The molecule has 2 nitrogen and oxygen atoms in total. The lowest BCUT2D eigenvalue weighted by Crippen LogP contribution is -2.32. The van der Waals surface area contributed by atoms with Gasteiger partial charge in [-0.25, -0.2) is 0 Å². The molecule has 27 heavy (non-hydrogen) atoms. The Balaban J connectivity index is 4.16. The smallest absolute Gasteiger partial charge is 0.309 e. The van der Waals surface area contributed by atoms with E-state index in [9.17, 15) is 9.90 Å². The van der Waals surface area contributed by atoms with Gasteiger partial charge in [0.25, 0.3) is 0 Å². The van der Waals surface area contributed by atoms with E-state index in [2.05, 4.69) is 56.0 Å². The quantitative estimate of drug-likeness (QED) is 0.255. The largest absolute Gasteiger partial charge is 0.481 e. The predicted molar refractivity (Wildman–Crippen MR) is 119 cm³/mol. The number of aliphatic carboxylic acids is 1. The minimum Gasteiger partial charge on any atom is -0.481 e. The highest BCUT2D eigenvalue weighted by Crippen LogP contribution is 2.34. The molecule has 0 heterocycles. The van der Waals surface area contributed by atoms with Crippen LogP contribution in [0.25, 0.3) is 0 Å². The Bertz CT molecular complexity index is 571. The summed E-state index contributed by atoms with van der Waals surface area (Å²) in [7, 11) is 0. The van der Waals surface area contributed by atoms with Crippen LogP contribution in [0.15, 0.2) is 72.9 Å². The first kappa shape index (κ1) is 24.9. The van der Waals surface area contributed by atoms with Crippen molar-refractivity contribution in [1.82, 2.24) is 0 Å². The van der Waals surface area contributed by atoms with Crippen LogP contribution in [0.4, 0.5) is 0 Å². The number of hydrogen-bond donors (Lipinski definition) is 1. The van der Waals surface area contributed by atoms with Crippen molar-refractivity contribution in [2.45, 2.75) is 66.2 Å². The molecule has 0 aliphatic heterocycles. The van der Waals surface area contributed by atoms with Crippen LogP contribution in [-0.2, 0) is 4.79 Å². The average Bonchev–Trinajstić information content (AvgIpc) is 2.63. The Kier molecular flexibility index (Phi) is 13.9. The second-order valence-corrected chi connectivity index (χ2v) is 7.31. The molecule has 0 radical (unpaired) electrons. The van der Waals surface area contributed by atoms with E-state index in [0.717, 1.165) is 37.7 Å². The predicted octanol–water partition coefficient (Wildman–Crippen LogP) is 7.43. The van der Waals surface area contributed by atoms with Crippen LogP contribution in [0, 0.1) is 11.3 Å². The number of hydrogen-bond acceptors (Lipinski definition) is 1. The maximum absolute atomic E-state index is 11.4. The lowest BCUT2D eigenvalue weighted by molar-refractivity contribution is -0.150. The maximum Gasteiger partial charge on any atom is 0.309 e. The minimum absolute atomic E-state index is 0.0876. The third-order valence-electron chi connectivity index (χ3n) is 4.70. The van der Waals surface area contributed by atoms with Crippen LogP contribution in [0.1, 0.15) is 66.2 Å². The Morgan fingerprint density at radius 1 is 0.926 bits per heavy atom. The van der Waals surface area contributed by atoms with E-state index in [-0.39, 0.29) is 5.92 Å². The van der Waals surface area contributed by atoms with Crippen LogP contribution in [0.3, 0.4) is 0 Å². The molecule has 0 aromatic rings. The fourth-order valence-electron chi connectivity index (χ4n) is 2.70. The molecule has 1 atom stereocenters. The molecule has 0 aliphatic carbocycles. The summed E-state index contributed by atoms with van der Waals surface area (Å²) in [6.07, 6.45) is 26.7. The van der Waals surface area contributed by atoms with Crippen LogP contribution < -0.4 is 0 Å². The van der Waals surface area contributed by atoms with Crippen molar-refractivity contribution >= 4 is 5.97 Å². The van der Waals surface area contributed by atoms with Crippen molar-refractivity contribution < 1.29 is 9.90 Å². The van der Waals surface area contributed by atoms with E-state index < -0.39 is 11.4 Å². The highest BCUT2D eigenvalue weighted by atomic mass is 16.4. The molecule has 0 aliphatic rings. The number of carboxylic acid groups (broad SMARTS) is 1. The van der Waals surface area contributed by atoms with Crippen molar-refractivity contribution in [3.05, 3.63) is 72.9 Å². The van der Waals surface area contributed by atoms with Crippen LogP contribution in [-0.4, -0.2) is 11.1 Å². The average molecular weight is 371 g/mol. The third kappa shape index (κ3) is 12.0. The second kappa shape index (κ2) is 15.0. The topological polar surface area (TPSA) is 37.3 Å². The zero-order valence-electron chi connectivity index (χ0n) is 17.7. The molecule has 0 amide bonds. The standard InChI is InChI=1S/C25H38O2/c1-6-8-9-10-11-12-13-14-15-16-17-18-19-20-22(3)21-23(7-2)25(4,5)24(26)27/h8-9,11-12,14-15,17-20,23H,3,6-7,10,13,16,21H2,1-2,4-5H3,(H,26,27)/b9-8-,12-11-,15-14-,18-17-,20-19+. The van der Waals surface area contributed by atoms with Crippen molar-refractivity contribution in [3.8, 4) is 0 Å². The van der Waals surface area contributed by atoms with Gasteiger partial charge in [0.05, 0.1) is 5.41 Å². The molecule has 0 aromatic carbocycles. The molecule has 1 unspecified atom stereocenters. The zero-order valence-corrected chi connectivity index (χ0v) is 17.7. The molecule has 0 bridgehead atoms. The van der Waals surface area contributed by atoms with E-state index in [1.54, 1.807) is 13.8 Å². The molecule has 150 valence electrons. The highest BCUT2D eigenvalue weighted by molar-refractivity contribution is 5.74. The molecule has 2 heteroatoms. The van der Waals surface area contributed by atoms with Crippen molar-refractivity contribution in [2.24, 2.45) is 11.3 Å². The fraction of sp³-hybridized carbons (Fsp3) is 0.480. The van der Waals surface area contributed by atoms with Crippen LogP contribution >= 0.6 is 0 Å². The van der Waals surface area contributed by atoms with Gasteiger partial charge in [0.2, 0.25) is 0 Å². The number of carboxylic acids is 1. The second-order valence-electron chi connectivity index (χ2n) is 7.31. The monoisotopic (exact) mass is 370 g/mol. The zero-order chi connectivity index (χ0) is 20.5. The molecule has 0 fully saturated rings. The van der Waals surface area contributed by atoms with Crippen molar-refractivity contribution in [1.29, 1.82) is 0 Å². The molecule has 0 rings (SSSR count). The summed E-state index contributed by atoms with van der Waals surface area (Å²) in [5, 5.41) is 9.38. The first-order valence-corrected chi connectivity index (χ1v) is 10.1. The highest BCUT2D eigenvalue weighted by Gasteiger charge is 2.35. The Morgan fingerprint density at radius 2 is 1.44 bits per heavy atom. The van der Waals surface area contributed by atoms with Gasteiger partial charge in [0, 0.05) is 0 Å². The van der Waals surface area contributed by atoms with Gasteiger partial charge >= 0.3 is 5.97 Å². The summed E-state index contributed by atoms with van der Waals surface area (Å²) in [4.78, 5) is 11.4. The third-order valence-corrected chi connectivity index (χ3v) is 4.70. The Hall–Kier alpha value is -2.09. The maximum atomic E-state index is 11.4. The van der Waals surface area contributed by atoms with Crippen LogP contribution in [0.2, 0.25) is 0 Å². The normalized spacial score (nSPS) is 14.4. The summed E-state index contributed by atoms with van der Waals surface area (Å²) in [6.45, 7) is 11.8. The van der Waals surface area contributed by atoms with E-state index in [1.165, 1.54) is 0 Å². The van der Waals surface area contributed by atoms with Gasteiger partial charge in [-0.15, -0.1) is 0 Å². The first-order valence-electron chi connectivity index (χ1n) is 10.1. The lowest BCUT2D eigenvalue weighted by Gasteiger charge is -2.29. The van der Waals surface area contributed by atoms with Crippen molar-refractivity contribution in [3.63, 3.8) is 0 Å². The lowest BCUT2D eigenvalue weighted by atomic mass is 9.74. The summed E-state index contributed by atoms with van der Waals surface area (Å²) in [6, 6.07) is 0. The fourth-order valence-corrected chi connectivity index (χ4v) is 2.70. The van der Waals surface area contributed by atoms with Gasteiger partial charge in [0.15, 0.2) is 0 Å². The van der Waals surface area contributed by atoms with Gasteiger partial charge in [-0.2, -0.15) is 0 Å². The van der Waals surface area contributed by atoms with E-state index >= 15 is 0 Å². The SMILES string of the molecule is C=C(/C=C/C=C\C/C=C\C/C=C\C/C=C\CC)CC(CC)C(C)(C)C(=O)O. The van der Waals surface area contributed by atoms with E-state index in [1.807, 2.05) is 25.2 Å². The first-order chi connectivity index (χ1) is 12.9. The molecule has 0 saturated heterocycles. The van der Waals surface area contributed by atoms with Gasteiger partial charge in [0.1, 0.15) is 0 Å². The summed E-state index contributed by atoms with van der Waals surface area (Å²) in [5.41, 5.74) is 0.242. The molecule has 0 aromatic heterocycles. The van der Waals surface area contributed by atoms with Gasteiger partial charge < -0.3 is 5.11 Å². The van der Waals surface area contributed by atoms with E-state index in [4.69, 9.17) is 0 Å². The Labute approximate surface area is 166 Å². The number of carbonyl (C=O) groups is 1. The molecular weight excluding hydrogens is 332 g/mol. The van der Waals surface area contributed by atoms with E-state index in [0.29, 0.717) is 6.42 Å². The number of rotatable bonds is 14. The summed E-state index contributed by atoms with van der Waals surface area (Å²) < 4.78 is 0. The summed E-state index contributed by atoms with van der Waals surface area (Å²) >= 11 is 0. The van der Waals surface area contributed by atoms with Gasteiger partial charge in [-0.05, 0) is 51.9 Å². The molecule has 0 saturated carbocycles. The molecular formula is C25H38O2. The Morgan fingerprint density at radius 3 is 1.93 bits per heavy atom. The minimum atomic E-state index is -0.745. The van der Waals surface area contributed by atoms with Crippen LogP contribution in [0.5, 0.6) is 0 Å². The molecule has 1 N–H and O–H groups in total. The van der Waals surface area contributed by atoms with Gasteiger partial charge in [-0.3, -0.25) is 4.79 Å². The van der Waals surface area contributed by atoms with Crippen molar-refractivity contribution in [2.75, 3.05) is 0 Å². The summed E-state index contributed by atoms with van der Waals surface area (Å²) in [5.74, 6) is -0.658.